The average molecular weight is 643 g/mol. The molecule has 0 aliphatic heterocycles. The van der Waals surface area contributed by atoms with E-state index in [1.807, 2.05) is 12.1 Å². The van der Waals surface area contributed by atoms with Crippen molar-refractivity contribution in [3.05, 3.63) is 186 Å². The van der Waals surface area contributed by atoms with Crippen molar-refractivity contribution in [1.82, 2.24) is 4.90 Å². The molecule has 0 spiro atoms. The number of rotatable bonds is 9. The number of fused-ring (bicyclic) bond motifs is 1. The number of aliphatic hydroxyl groups is 1. The molecule has 246 valence electrons. The third-order valence-electron chi connectivity index (χ3n) is 10.1. The van der Waals surface area contributed by atoms with Crippen molar-refractivity contribution in [2.45, 2.75) is 63.3 Å². The van der Waals surface area contributed by atoms with Gasteiger partial charge in [-0.15, -0.1) is 0 Å². The van der Waals surface area contributed by atoms with Crippen LogP contribution in [0.2, 0.25) is 0 Å². The molecule has 3 atom stereocenters. The van der Waals surface area contributed by atoms with Gasteiger partial charge in [-0.3, -0.25) is 0 Å². The summed E-state index contributed by atoms with van der Waals surface area (Å²) in [6.45, 7) is 2.27. The Hall–Kier alpha value is -5.12. The molecular formula is C46H46N2O. The van der Waals surface area contributed by atoms with Gasteiger partial charge in [0.25, 0.3) is 0 Å². The van der Waals surface area contributed by atoms with E-state index in [9.17, 15) is 5.11 Å². The van der Waals surface area contributed by atoms with Crippen LogP contribution in [0.25, 0.3) is 16.8 Å². The normalized spacial score (nSPS) is 20.8. The first-order valence-corrected chi connectivity index (χ1v) is 17.7. The Balaban J connectivity index is 1.16. The van der Waals surface area contributed by atoms with Crippen LogP contribution in [0.15, 0.2) is 170 Å². The summed E-state index contributed by atoms with van der Waals surface area (Å²) in [5.41, 5.74) is 7.01. The molecule has 0 amide bonds. The molecule has 49 heavy (non-hydrogen) atoms. The molecule has 3 unspecified atom stereocenters. The number of benzene rings is 4. The highest BCUT2D eigenvalue weighted by Crippen LogP contribution is 2.36. The van der Waals surface area contributed by atoms with E-state index < -0.39 is 0 Å². The van der Waals surface area contributed by atoms with Crippen molar-refractivity contribution in [2.24, 2.45) is 0 Å². The second kappa shape index (κ2) is 15.4. The maximum atomic E-state index is 9.98. The minimum absolute atomic E-state index is 0.0428. The third kappa shape index (κ3) is 7.48. The van der Waals surface area contributed by atoms with Crippen LogP contribution in [-0.2, 0) is 6.61 Å². The molecule has 0 saturated carbocycles. The van der Waals surface area contributed by atoms with Gasteiger partial charge in [-0.25, -0.2) is 0 Å². The van der Waals surface area contributed by atoms with Crippen molar-refractivity contribution in [3.8, 4) is 0 Å². The van der Waals surface area contributed by atoms with E-state index in [0.29, 0.717) is 18.0 Å². The van der Waals surface area contributed by atoms with E-state index in [4.69, 9.17) is 0 Å². The Bertz CT molecular complexity index is 1940. The largest absolute Gasteiger partial charge is 0.392 e. The Morgan fingerprint density at radius 2 is 1.43 bits per heavy atom. The van der Waals surface area contributed by atoms with Gasteiger partial charge in [-0.05, 0) is 84.0 Å². The second-order valence-corrected chi connectivity index (χ2v) is 13.3. The number of allylic oxidation sites excluding steroid dienone is 8. The summed E-state index contributed by atoms with van der Waals surface area (Å²) in [5.74, 6) is 0.373. The molecule has 1 N–H and O–H groups in total. The Morgan fingerprint density at radius 1 is 0.694 bits per heavy atom. The molecule has 3 aliphatic carbocycles. The zero-order valence-electron chi connectivity index (χ0n) is 28.4. The van der Waals surface area contributed by atoms with Gasteiger partial charge < -0.3 is 14.9 Å². The number of aliphatic hydroxyl groups excluding tert-OH is 1. The number of hydrogen-bond donors (Lipinski definition) is 1. The topological polar surface area (TPSA) is 26.7 Å². The monoisotopic (exact) mass is 642 g/mol. The number of nitrogens with zero attached hydrogens (tertiary/aromatic N) is 2. The lowest BCUT2D eigenvalue weighted by atomic mass is 9.94. The minimum Gasteiger partial charge on any atom is -0.392 e. The average Bonchev–Trinajstić information content (AvgIpc) is 3.57. The predicted molar refractivity (Wildman–Crippen MR) is 208 cm³/mol. The predicted octanol–water partition coefficient (Wildman–Crippen LogP) is 11.0. The van der Waals surface area contributed by atoms with Gasteiger partial charge in [0.15, 0.2) is 0 Å². The van der Waals surface area contributed by atoms with Gasteiger partial charge in [0.05, 0.1) is 18.7 Å². The highest BCUT2D eigenvalue weighted by Gasteiger charge is 2.26. The SMILES string of the molecule is C/C(=C\c1ccccc1CO)N(C1C=CC=CC1)C1C=CC(c2ccc(N(c3ccc4ccccc4c3)C3C=CC=CC=C3)cc2)CCC1. The van der Waals surface area contributed by atoms with Crippen LogP contribution >= 0.6 is 0 Å². The zero-order chi connectivity index (χ0) is 33.4. The van der Waals surface area contributed by atoms with E-state index in [0.717, 1.165) is 36.8 Å². The lowest BCUT2D eigenvalue weighted by molar-refractivity contribution is 0.237. The molecule has 0 bridgehead atoms. The highest BCUT2D eigenvalue weighted by molar-refractivity contribution is 5.87. The van der Waals surface area contributed by atoms with Crippen LogP contribution in [-0.4, -0.2) is 28.1 Å². The first kappa shape index (κ1) is 32.4. The zero-order valence-corrected chi connectivity index (χ0v) is 28.4. The molecule has 0 radical (unpaired) electrons. The van der Waals surface area contributed by atoms with Crippen molar-refractivity contribution < 1.29 is 5.11 Å². The smallest absolute Gasteiger partial charge is 0.0712 e. The molecule has 0 heterocycles. The Morgan fingerprint density at radius 3 is 2.20 bits per heavy atom. The third-order valence-corrected chi connectivity index (χ3v) is 10.1. The summed E-state index contributed by atoms with van der Waals surface area (Å²) >= 11 is 0. The number of anilines is 2. The molecule has 4 aromatic rings. The van der Waals surface area contributed by atoms with Crippen LogP contribution in [0.1, 0.15) is 55.2 Å². The van der Waals surface area contributed by atoms with E-state index in [2.05, 4.69) is 175 Å². The molecule has 4 aromatic carbocycles. The second-order valence-electron chi connectivity index (χ2n) is 13.3. The summed E-state index contributed by atoms with van der Waals surface area (Å²) in [4.78, 5) is 5.03. The van der Waals surface area contributed by atoms with Gasteiger partial charge in [0.1, 0.15) is 0 Å². The van der Waals surface area contributed by atoms with Gasteiger partial charge in [0, 0.05) is 29.0 Å². The first-order valence-electron chi connectivity index (χ1n) is 17.7. The molecule has 3 heteroatoms. The van der Waals surface area contributed by atoms with Gasteiger partial charge in [-0.2, -0.15) is 0 Å². The van der Waals surface area contributed by atoms with Gasteiger partial charge in [0.2, 0.25) is 0 Å². The van der Waals surface area contributed by atoms with E-state index in [1.165, 1.54) is 33.4 Å². The standard InChI is InChI=1S/C46H46N2O/c1-35(32-39-15-11-12-17-41(39)34-49)47(42-19-7-4-8-20-42)44-23-13-18-36(24-28-44)38-25-29-45(30-26-38)48(43-21-5-2-3-6-22-43)46-31-27-37-14-9-10-16-40(37)33-46/h2-12,14-17,19,21-22,24-33,36,42-44,49H,13,18,20,23,34H2,1H3/b35-32+. The van der Waals surface area contributed by atoms with Crippen LogP contribution in [0.4, 0.5) is 11.4 Å². The molecule has 0 fully saturated rings. The van der Waals surface area contributed by atoms with E-state index in [-0.39, 0.29) is 12.6 Å². The first-order chi connectivity index (χ1) is 24.2. The van der Waals surface area contributed by atoms with E-state index >= 15 is 0 Å². The van der Waals surface area contributed by atoms with Crippen LogP contribution in [0.5, 0.6) is 0 Å². The molecule has 3 aliphatic rings. The summed E-state index contributed by atoms with van der Waals surface area (Å²) in [5, 5.41) is 12.5. The van der Waals surface area contributed by atoms with Gasteiger partial charge >= 0.3 is 0 Å². The number of hydrogen-bond acceptors (Lipinski definition) is 3. The molecule has 0 saturated heterocycles. The minimum atomic E-state index is 0.0428. The summed E-state index contributed by atoms with van der Waals surface area (Å²) in [6, 6.07) is 33.5. The lowest BCUT2D eigenvalue weighted by Crippen LogP contribution is -2.40. The van der Waals surface area contributed by atoms with Crippen LogP contribution < -0.4 is 4.90 Å². The quantitative estimate of drug-likeness (QED) is 0.184. The summed E-state index contributed by atoms with van der Waals surface area (Å²) in [6.07, 6.45) is 33.5. The maximum absolute atomic E-state index is 9.98. The highest BCUT2D eigenvalue weighted by atomic mass is 16.3. The fourth-order valence-electron chi connectivity index (χ4n) is 7.60. The van der Waals surface area contributed by atoms with E-state index in [1.54, 1.807) is 0 Å². The lowest BCUT2D eigenvalue weighted by Gasteiger charge is -2.38. The fraction of sp³-hybridized carbons (Fsp3) is 0.217. The van der Waals surface area contributed by atoms with Crippen molar-refractivity contribution >= 4 is 28.2 Å². The molecular weight excluding hydrogens is 597 g/mol. The fourth-order valence-corrected chi connectivity index (χ4v) is 7.60. The maximum Gasteiger partial charge on any atom is 0.0712 e. The molecule has 3 nitrogen and oxygen atoms in total. The van der Waals surface area contributed by atoms with Crippen molar-refractivity contribution in [3.63, 3.8) is 0 Å². The van der Waals surface area contributed by atoms with Gasteiger partial charge in [-0.1, -0.05) is 146 Å². The molecule has 7 rings (SSSR count). The Labute approximate surface area is 291 Å². The van der Waals surface area contributed by atoms with Crippen molar-refractivity contribution in [1.29, 1.82) is 0 Å². The Kier molecular flexibility index (Phi) is 10.2. The van der Waals surface area contributed by atoms with Crippen LogP contribution in [0.3, 0.4) is 0 Å². The summed E-state index contributed by atoms with van der Waals surface area (Å²) < 4.78 is 0. The van der Waals surface area contributed by atoms with Crippen LogP contribution in [0, 0.1) is 0 Å². The molecule has 0 aromatic heterocycles. The summed E-state index contributed by atoms with van der Waals surface area (Å²) in [7, 11) is 0. The van der Waals surface area contributed by atoms with Crippen molar-refractivity contribution in [2.75, 3.05) is 4.90 Å².